The molecule has 117 heavy (non-hydrogen) atoms. The number of benzene rings is 18. The third-order valence-electron chi connectivity index (χ3n) is 24.9. The van der Waals surface area contributed by atoms with Gasteiger partial charge in [-0.15, -0.1) is 0 Å². The first-order valence-electron chi connectivity index (χ1n) is 40.0. The lowest BCUT2D eigenvalue weighted by atomic mass is 9.94. The van der Waals surface area contributed by atoms with Crippen LogP contribution in [0.4, 0.5) is 0 Å². The Kier molecular flexibility index (Phi) is 13.8. The SMILES string of the molecule is N#Cc1ccc(-c2c(-n3c4ccccc4c4cc(-c5ccc6c(c5)c5ccccc5n6-c5ccccc5)ccc43)c(-n3c4ccccc4c4ccccc43)c(-n3c4ccccc4c4ccccc43)c(-n3c4ccccc4c4ccccc43)c2-n2c3ccccc3c3cc(-c4ccc5c(c4)c4ccccc4n5-c4ccccc4)ccc32)cc1. The molecule has 7 aromatic heterocycles. The molecule has 8 nitrogen and oxygen atoms in total. The Hall–Kier alpha value is -16.0. The molecule has 0 radical (unpaired) electrons. The van der Waals surface area contributed by atoms with Gasteiger partial charge in [0.25, 0.3) is 0 Å². The zero-order chi connectivity index (χ0) is 76.7. The largest absolute Gasteiger partial charge is 0.309 e. The van der Waals surface area contributed by atoms with Gasteiger partial charge in [-0.05, 0) is 173 Å². The average Bonchev–Trinajstić information content (AvgIpc) is 1.57. The van der Waals surface area contributed by atoms with Crippen LogP contribution < -0.4 is 0 Å². The van der Waals surface area contributed by atoms with Gasteiger partial charge in [-0.3, -0.25) is 0 Å². The van der Waals surface area contributed by atoms with Crippen molar-refractivity contribution in [2.45, 2.75) is 0 Å². The zero-order valence-electron chi connectivity index (χ0n) is 63.2. The van der Waals surface area contributed by atoms with E-state index < -0.39 is 0 Å². The van der Waals surface area contributed by atoms with Gasteiger partial charge in [0.05, 0.1) is 117 Å². The number of fused-ring (bicyclic) bond motifs is 21. The average molecular weight is 1490 g/mol. The van der Waals surface area contributed by atoms with Gasteiger partial charge >= 0.3 is 0 Å². The van der Waals surface area contributed by atoms with Crippen molar-refractivity contribution in [2.75, 3.05) is 0 Å². The van der Waals surface area contributed by atoms with E-state index in [9.17, 15) is 5.26 Å². The van der Waals surface area contributed by atoms with Crippen LogP contribution in [0, 0.1) is 11.3 Å². The van der Waals surface area contributed by atoms with Crippen molar-refractivity contribution < 1.29 is 0 Å². The lowest BCUT2D eigenvalue weighted by Crippen LogP contribution is -2.18. The first kappa shape index (κ1) is 64.7. The number of hydrogen-bond acceptors (Lipinski definition) is 1. The fourth-order valence-electron chi connectivity index (χ4n) is 20.0. The summed E-state index contributed by atoms with van der Waals surface area (Å²) < 4.78 is 17.8. The highest BCUT2D eigenvalue weighted by atomic mass is 15.2. The molecule has 0 fully saturated rings. The lowest BCUT2D eigenvalue weighted by molar-refractivity contribution is 1.00. The molecule has 0 saturated heterocycles. The quantitative estimate of drug-likeness (QED) is 0.135. The van der Waals surface area contributed by atoms with E-state index in [1.54, 1.807) is 0 Å². The highest BCUT2D eigenvalue weighted by molar-refractivity contribution is 6.21. The van der Waals surface area contributed by atoms with Gasteiger partial charge in [-0.2, -0.15) is 5.26 Å². The van der Waals surface area contributed by atoms with Crippen LogP contribution >= 0.6 is 0 Å². The van der Waals surface area contributed by atoms with E-state index >= 15 is 0 Å². The van der Waals surface area contributed by atoms with Crippen molar-refractivity contribution in [2.24, 2.45) is 0 Å². The third-order valence-corrected chi connectivity index (χ3v) is 24.9. The molecule has 0 unspecified atom stereocenters. The molecule has 542 valence electrons. The zero-order valence-corrected chi connectivity index (χ0v) is 63.2. The topological polar surface area (TPSA) is 58.3 Å². The van der Waals surface area contributed by atoms with Crippen LogP contribution in [0.5, 0.6) is 0 Å². The van der Waals surface area contributed by atoms with Crippen LogP contribution in [-0.4, -0.2) is 32.0 Å². The number of aromatic nitrogens is 7. The van der Waals surface area contributed by atoms with Crippen molar-refractivity contribution in [1.82, 2.24) is 32.0 Å². The maximum atomic E-state index is 11.1. The van der Waals surface area contributed by atoms with Crippen LogP contribution in [0.3, 0.4) is 0 Å². The Morgan fingerprint density at radius 2 is 0.342 bits per heavy atom. The summed E-state index contributed by atoms with van der Waals surface area (Å²) in [5.74, 6) is 0. The second-order valence-corrected chi connectivity index (χ2v) is 30.9. The molecule has 25 aromatic rings. The normalized spacial score (nSPS) is 12.1. The van der Waals surface area contributed by atoms with Gasteiger partial charge < -0.3 is 32.0 Å². The Morgan fingerprint density at radius 3 is 0.598 bits per heavy atom. The second kappa shape index (κ2) is 25.0. The molecule has 0 N–H and O–H groups in total. The maximum Gasteiger partial charge on any atom is 0.0991 e. The highest BCUT2D eigenvalue weighted by Gasteiger charge is 2.37. The Morgan fingerprint density at radius 1 is 0.154 bits per heavy atom. The van der Waals surface area contributed by atoms with Crippen LogP contribution in [0.15, 0.2) is 400 Å². The summed E-state index contributed by atoms with van der Waals surface area (Å²) in [6, 6.07) is 151. The Bertz CT molecular complexity index is 8000. The molecule has 0 aliphatic heterocycles. The van der Waals surface area contributed by atoms with E-state index in [1.807, 2.05) is 12.1 Å². The number of nitriles is 1. The van der Waals surface area contributed by atoms with Crippen molar-refractivity contribution in [3.63, 3.8) is 0 Å². The molecule has 7 heterocycles. The second-order valence-electron chi connectivity index (χ2n) is 30.9. The van der Waals surface area contributed by atoms with Crippen LogP contribution in [0.2, 0.25) is 0 Å². The number of hydrogen-bond donors (Lipinski definition) is 0. The van der Waals surface area contributed by atoms with E-state index in [1.165, 1.54) is 32.6 Å². The number of rotatable bonds is 10. The predicted octanol–water partition coefficient (Wildman–Crippen LogP) is 28.2. The molecular weight excluding hydrogens is 1420 g/mol. The highest BCUT2D eigenvalue weighted by Crippen LogP contribution is 2.55. The van der Waals surface area contributed by atoms with Crippen molar-refractivity contribution in [1.29, 1.82) is 5.26 Å². The van der Waals surface area contributed by atoms with E-state index in [0.717, 1.165) is 193 Å². The van der Waals surface area contributed by atoms with Crippen molar-refractivity contribution in [3.05, 3.63) is 406 Å². The summed E-state index contributed by atoms with van der Waals surface area (Å²) >= 11 is 0. The fourth-order valence-corrected chi connectivity index (χ4v) is 20.0. The molecule has 0 aliphatic rings. The summed E-state index contributed by atoms with van der Waals surface area (Å²) in [4.78, 5) is 0. The number of nitrogens with zero attached hydrogens (tertiary/aromatic N) is 8. The minimum absolute atomic E-state index is 0.563. The molecule has 0 aliphatic carbocycles. The monoisotopic (exact) mass is 1490 g/mol. The van der Waals surface area contributed by atoms with Crippen molar-refractivity contribution in [3.8, 4) is 79.3 Å². The molecule has 18 aromatic carbocycles. The Balaban J connectivity index is 0.893. The van der Waals surface area contributed by atoms with E-state index in [2.05, 4.69) is 426 Å². The lowest BCUT2D eigenvalue weighted by Gasteiger charge is -2.32. The van der Waals surface area contributed by atoms with E-state index in [0.29, 0.717) is 5.56 Å². The van der Waals surface area contributed by atoms with Crippen LogP contribution in [0.25, 0.3) is 226 Å². The summed E-state index contributed by atoms with van der Waals surface area (Å²) in [6.07, 6.45) is 0. The number of para-hydroxylation sites is 12. The van der Waals surface area contributed by atoms with Crippen LogP contribution in [-0.2, 0) is 0 Å². The third kappa shape index (κ3) is 9.27. The molecule has 8 heteroatoms. The molecular formula is C109H66N8. The summed E-state index contributed by atoms with van der Waals surface area (Å²) in [6.45, 7) is 0. The van der Waals surface area contributed by atoms with Gasteiger partial charge in [0, 0.05) is 92.3 Å². The predicted molar refractivity (Wildman–Crippen MR) is 488 cm³/mol. The van der Waals surface area contributed by atoms with Gasteiger partial charge in [-0.25, -0.2) is 0 Å². The van der Waals surface area contributed by atoms with Gasteiger partial charge in [-0.1, -0.05) is 255 Å². The molecule has 0 spiro atoms. The molecule has 25 rings (SSSR count). The van der Waals surface area contributed by atoms with E-state index in [4.69, 9.17) is 0 Å². The molecule has 0 amide bonds. The first-order chi connectivity index (χ1) is 58.1. The fraction of sp³-hybridized carbons (Fsp3) is 0. The molecule has 0 atom stereocenters. The molecule has 0 bridgehead atoms. The first-order valence-corrected chi connectivity index (χ1v) is 40.0. The minimum atomic E-state index is 0.563. The summed E-state index contributed by atoms with van der Waals surface area (Å²) in [7, 11) is 0. The van der Waals surface area contributed by atoms with Gasteiger partial charge in [0.2, 0.25) is 0 Å². The molecule has 0 saturated carbocycles. The maximum absolute atomic E-state index is 11.1. The summed E-state index contributed by atoms with van der Waals surface area (Å²) in [5, 5.41) is 27.1. The van der Waals surface area contributed by atoms with Crippen LogP contribution in [0.1, 0.15) is 5.56 Å². The van der Waals surface area contributed by atoms with E-state index in [-0.39, 0.29) is 0 Å². The van der Waals surface area contributed by atoms with Gasteiger partial charge in [0.15, 0.2) is 0 Å². The smallest absolute Gasteiger partial charge is 0.0991 e. The standard InChI is InChI=1S/C109H66N8/c110-67-68-51-53-69(54-52-68)104-105(113-98-49-25-15-39-84(98)88-65-72(57-61-102(88)113)70-55-59-100-86(63-70)82-37-13-17-41-90(82)111(100)74-27-3-1-4-28-74)107(115-92-43-19-7-31-76(92)77-32-8-20-44-93(77)115)109(117-96-47-23-11-35-80(96)81-36-12-24-48-97(81)117)108(116-94-45-21-9-33-78(94)79-34-10-22-46-95(79)116)106(104)114-99-50-26-16-40-85(99)89-66-73(58-62-103(89)114)71-56-60-101-87(64-71)83-38-14-18-42-91(83)112(101)75-29-5-2-6-30-75/h1-66H. The van der Waals surface area contributed by atoms with Gasteiger partial charge in [0.1, 0.15) is 0 Å². The minimum Gasteiger partial charge on any atom is -0.309 e. The van der Waals surface area contributed by atoms with Crippen molar-refractivity contribution >= 4 is 153 Å². The summed E-state index contributed by atoms with van der Waals surface area (Å²) in [5.41, 5.74) is 29.0. The Labute approximate surface area is 670 Å².